The second-order valence-electron chi connectivity index (χ2n) is 5.15. The molecule has 1 N–H and O–H groups in total. The second-order valence-corrected chi connectivity index (χ2v) is 8.48. The Morgan fingerprint density at radius 3 is 2.48 bits per heavy atom. The predicted molar refractivity (Wildman–Crippen MR) is 99.4 cm³/mol. The van der Waals surface area contributed by atoms with E-state index in [0.717, 1.165) is 11.6 Å². The summed E-state index contributed by atoms with van der Waals surface area (Å²) >= 11 is 13.3. The van der Waals surface area contributed by atoms with Crippen LogP contribution in [0.5, 0.6) is 0 Å². The van der Waals surface area contributed by atoms with Gasteiger partial charge in [-0.1, -0.05) is 23.2 Å². The van der Waals surface area contributed by atoms with Gasteiger partial charge in [0.25, 0.3) is 0 Å². The number of rotatable bonds is 4. The molecule has 0 aliphatic carbocycles. The van der Waals surface area contributed by atoms with Crippen molar-refractivity contribution in [1.29, 1.82) is 0 Å². The molecule has 27 heavy (non-hydrogen) atoms. The largest absolute Gasteiger partial charge is 0.516 e. The number of hydrogen-bond acceptors (Lipinski definition) is 5. The van der Waals surface area contributed by atoms with Crippen LogP contribution in [-0.2, 0) is 10.0 Å². The van der Waals surface area contributed by atoms with Crippen molar-refractivity contribution in [3.05, 3.63) is 52.1 Å². The Kier molecular flexibility index (Phi) is 5.35. The first-order valence-electron chi connectivity index (χ1n) is 7.03. The summed E-state index contributed by atoms with van der Waals surface area (Å²) in [5.74, 6) is 0. The number of anilines is 1. The molecule has 2 heterocycles. The molecule has 0 fully saturated rings. The zero-order valence-corrected chi connectivity index (χ0v) is 16.1. The molecule has 0 spiro atoms. The molecule has 142 valence electrons. The van der Waals surface area contributed by atoms with Crippen molar-refractivity contribution in [3.8, 4) is 21.8 Å². The smallest absolute Gasteiger partial charge is 0.276 e. The van der Waals surface area contributed by atoms with Crippen molar-refractivity contribution in [2.75, 3.05) is 4.72 Å². The van der Waals surface area contributed by atoms with E-state index in [0.29, 0.717) is 21.4 Å². The fraction of sp³-hybridized carbons (Fsp3) is 0.0667. The van der Waals surface area contributed by atoms with Crippen LogP contribution in [0, 0.1) is 0 Å². The van der Waals surface area contributed by atoms with Crippen LogP contribution in [0.3, 0.4) is 0 Å². The summed E-state index contributed by atoms with van der Waals surface area (Å²) < 4.78 is 61.1. The first-order chi connectivity index (χ1) is 12.6. The van der Waals surface area contributed by atoms with Crippen molar-refractivity contribution in [2.24, 2.45) is 0 Å². The summed E-state index contributed by atoms with van der Waals surface area (Å²) in [6, 6.07) is 7.01. The van der Waals surface area contributed by atoms with Gasteiger partial charge in [-0.15, -0.1) is 11.3 Å². The minimum atomic E-state index is -5.52. The molecule has 0 bridgehead atoms. The number of halogens is 5. The highest BCUT2D eigenvalue weighted by atomic mass is 35.5. The van der Waals surface area contributed by atoms with Crippen molar-refractivity contribution in [1.82, 2.24) is 9.97 Å². The number of aromatic nitrogens is 2. The quantitative estimate of drug-likeness (QED) is 0.533. The van der Waals surface area contributed by atoms with Gasteiger partial charge in [0.2, 0.25) is 0 Å². The van der Waals surface area contributed by atoms with E-state index in [1.807, 2.05) is 0 Å². The monoisotopic (exact) mass is 453 g/mol. The summed E-state index contributed by atoms with van der Waals surface area (Å²) in [4.78, 5) is 8.31. The molecule has 3 rings (SSSR count). The minimum Gasteiger partial charge on any atom is -0.276 e. The van der Waals surface area contributed by atoms with Crippen LogP contribution in [-0.4, -0.2) is 23.9 Å². The molecule has 0 aliphatic heterocycles. The molecule has 3 aromatic rings. The number of benzene rings is 1. The molecule has 12 heteroatoms. The third-order valence-corrected chi connectivity index (χ3v) is 5.80. The minimum absolute atomic E-state index is 0.0435. The van der Waals surface area contributed by atoms with Crippen molar-refractivity contribution in [2.45, 2.75) is 5.51 Å². The van der Waals surface area contributed by atoms with Gasteiger partial charge in [-0.3, -0.25) is 4.72 Å². The summed E-state index contributed by atoms with van der Waals surface area (Å²) in [6.07, 6.45) is 1.53. The summed E-state index contributed by atoms with van der Waals surface area (Å²) in [5, 5.41) is 2.71. The van der Waals surface area contributed by atoms with Gasteiger partial charge in [0.1, 0.15) is 10.2 Å². The van der Waals surface area contributed by atoms with Crippen LogP contribution >= 0.6 is 34.5 Å². The molecule has 0 radical (unpaired) electrons. The molecule has 0 aliphatic rings. The van der Waals surface area contributed by atoms with Crippen molar-refractivity contribution < 1.29 is 21.6 Å². The first-order valence-corrected chi connectivity index (χ1v) is 10.2. The summed E-state index contributed by atoms with van der Waals surface area (Å²) in [7, 11) is -5.52. The van der Waals surface area contributed by atoms with E-state index in [2.05, 4.69) is 9.97 Å². The normalized spacial score (nSPS) is 12.2. The van der Waals surface area contributed by atoms with Gasteiger partial charge < -0.3 is 0 Å². The maximum Gasteiger partial charge on any atom is 0.516 e. The Morgan fingerprint density at radius 1 is 1.11 bits per heavy atom. The lowest BCUT2D eigenvalue weighted by Crippen LogP contribution is -2.29. The number of sulfonamides is 1. The zero-order chi connectivity index (χ0) is 19.8. The Balaban J connectivity index is 1.89. The fourth-order valence-electron chi connectivity index (χ4n) is 2.06. The van der Waals surface area contributed by atoms with Gasteiger partial charge in [-0.25, -0.2) is 9.97 Å². The highest BCUT2D eigenvalue weighted by Crippen LogP contribution is 2.35. The Hall–Kier alpha value is -1.88. The number of nitrogens with zero attached hydrogens (tertiary/aromatic N) is 2. The van der Waals surface area contributed by atoms with E-state index >= 15 is 0 Å². The third kappa shape index (κ3) is 4.34. The maximum atomic E-state index is 12.5. The number of hydrogen-bond donors (Lipinski definition) is 1. The van der Waals surface area contributed by atoms with Crippen LogP contribution in [0.4, 0.5) is 18.9 Å². The second kappa shape index (κ2) is 7.27. The van der Waals surface area contributed by atoms with E-state index in [-0.39, 0.29) is 10.7 Å². The van der Waals surface area contributed by atoms with Gasteiger partial charge >= 0.3 is 15.5 Å². The average Bonchev–Trinajstić information content (AvgIpc) is 3.03. The Bertz CT molecular complexity index is 1100. The standard InChI is InChI=1S/C15H8Cl2F3N3O2S2/c16-11-6-9(23-27(24,25)15(18,19)20)1-2-10(11)12-7-26-14(22-12)8-3-4-21-13(17)5-8/h1-7,23H. The molecule has 0 amide bonds. The summed E-state index contributed by atoms with van der Waals surface area (Å²) in [6.45, 7) is 0. The highest BCUT2D eigenvalue weighted by Gasteiger charge is 2.46. The fourth-order valence-corrected chi connectivity index (χ4v) is 3.89. The topological polar surface area (TPSA) is 72.0 Å². The molecule has 0 atom stereocenters. The van der Waals surface area contributed by atoms with Gasteiger partial charge in [-0.05, 0) is 30.3 Å². The lowest BCUT2D eigenvalue weighted by Gasteiger charge is -2.11. The molecular formula is C15H8Cl2F3N3O2S2. The van der Waals surface area contributed by atoms with Crippen LogP contribution in [0.15, 0.2) is 41.9 Å². The number of thiazole rings is 1. The third-order valence-electron chi connectivity index (χ3n) is 3.28. The van der Waals surface area contributed by atoms with Gasteiger partial charge in [0.15, 0.2) is 0 Å². The van der Waals surface area contributed by atoms with Crippen LogP contribution in [0.1, 0.15) is 0 Å². The van der Waals surface area contributed by atoms with Crippen molar-refractivity contribution >= 4 is 50.2 Å². The van der Waals surface area contributed by atoms with Gasteiger partial charge in [0, 0.05) is 22.7 Å². The molecular weight excluding hydrogens is 446 g/mol. The SMILES string of the molecule is O=S(=O)(Nc1ccc(-c2csc(-c3ccnc(Cl)c3)n2)c(Cl)c1)C(F)(F)F. The van der Waals surface area contributed by atoms with Crippen molar-refractivity contribution in [3.63, 3.8) is 0 Å². The van der Waals surface area contributed by atoms with Crippen LogP contribution in [0.2, 0.25) is 10.2 Å². The molecule has 0 saturated heterocycles. The van der Waals surface area contributed by atoms with Crippen LogP contribution in [0.25, 0.3) is 21.8 Å². The molecule has 1 aromatic carbocycles. The molecule has 0 unspecified atom stereocenters. The zero-order valence-electron chi connectivity index (χ0n) is 13.0. The Morgan fingerprint density at radius 2 is 1.85 bits per heavy atom. The molecule has 0 saturated carbocycles. The van der Waals surface area contributed by atoms with Gasteiger partial charge in [0.05, 0.1) is 16.4 Å². The van der Waals surface area contributed by atoms with E-state index in [1.165, 1.54) is 34.4 Å². The number of pyridine rings is 1. The summed E-state index contributed by atoms with van der Waals surface area (Å²) in [5.41, 5.74) is -4.06. The molecule has 2 aromatic heterocycles. The number of nitrogens with one attached hydrogen (secondary N) is 1. The van der Waals surface area contributed by atoms with E-state index in [1.54, 1.807) is 17.5 Å². The first kappa shape index (κ1) is 19.9. The predicted octanol–water partition coefficient (Wildman–Crippen LogP) is 5.44. The van der Waals surface area contributed by atoms with E-state index in [9.17, 15) is 21.6 Å². The van der Waals surface area contributed by atoms with Crippen LogP contribution < -0.4 is 4.72 Å². The van der Waals surface area contributed by atoms with E-state index in [4.69, 9.17) is 23.2 Å². The highest BCUT2D eigenvalue weighted by molar-refractivity contribution is 7.93. The van der Waals surface area contributed by atoms with E-state index < -0.39 is 15.5 Å². The lowest BCUT2D eigenvalue weighted by molar-refractivity contribution is -0.0429. The lowest BCUT2D eigenvalue weighted by atomic mass is 10.1. The Labute approximate surface area is 165 Å². The average molecular weight is 454 g/mol. The van der Waals surface area contributed by atoms with Gasteiger partial charge in [-0.2, -0.15) is 21.6 Å². The maximum absolute atomic E-state index is 12.5. The molecule has 5 nitrogen and oxygen atoms in total. The number of alkyl halides is 3.